The van der Waals surface area contributed by atoms with Crippen molar-refractivity contribution in [2.45, 2.75) is 45.1 Å². The third-order valence-corrected chi connectivity index (χ3v) is 4.73. The maximum atomic E-state index is 5.31. The summed E-state index contributed by atoms with van der Waals surface area (Å²) in [7, 11) is 0. The highest BCUT2D eigenvalue weighted by Gasteiger charge is 2.22. The molecule has 1 fully saturated rings. The minimum Gasteiger partial charge on any atom is -0.359 e. The largest absolute Gasteiger partial charge is 0.359 e. The molecule has 0 aromatic carbocycles. The second-order valence-electron chi connectivity index (χ2n) is 6.59. The number of aromatic amines is 1. The van der Waals surface area contributed by atoms with Gasteiger partial charge in [-0.1, -0.05) is 18.0 Å². The lowest BCUT2D eigenvalue weighted by Crippen LogP contribution is -2.38. The van der Waals surface area contributed by atoms with Gasteiger partial charge in [0.25, 0.3) is 0 Å². The minimum absolute atomic E-state index is 0.671. The van der Waals surface area contributed by atoms with Crippen LogP contribution in [0.5, 0.6) is 0 Å². The summed E-state index contributed by atoms with van der Waals surface area (Å²) in [5.74, 6) is 2.60. The first-order valence-corrected chi connectivity index (χ1v) is 8.41. The Kier molecular flexibility index (Phi) is 3.81. The van der Waals surface area contributed by atoms with E-state index < -0.39 is 0 Å². The molecule has 4 rings (SSSR count). The Morgan fingerprint density at radius 3 is 2.96 bits per heavy atom. The number of nitrogens with one attached hydrogen (secondary N) is 1. The molecule has 0 spiro atoms. The molecule has 0 radical (unpaired) electrons. The maximum absolute atomic E-state index is 5.31. The van der Waals surface area contributed by atoms with Gasteiger partial charge in [0.1, 0.15) is 0 Å². The van der Waals surface area contributed by atoms with Crippen molar-refractivity contribution in [1.82, 2.24) is 20.3 Å². The van der Waals surface area contributed by atoms with Gasteiger partial charge in [0.2, 0.25) is 0 Å². The molecule has 2 aliphatic rings. The zero-order valence-corrected chi connectivity index (χ0v) is 13.5. The molecule has 1 N–H and O–H groups in total. The first kappa shape index (κ1) is 14.4. The van der Waals surface area contributed by atoms with Gasteiger partial charge in [-0.3, -0.25) is 5.10 Å². The lowest BCUT2D eigenvalue weighted by Gasteiger charge is -2.32. The number of aryl methyl sites for hydroxylation is 1. The summed E-state index contributed by atoms with van der Waals surface area (Å²) in [5.41, 5.74) is 2.22. The standard InChI is InChI=1S/C17H23N5O/c1-13-9-15(23-20-13)11-21-7-4-8-22(12-21)17-10-16(18-19-17)14-5-2-3-6-14/h4,7,9-10,14H,2-3,5-6,8,11-12H2,1H3,(H,18,19). The first-order chi connectivity index (χ1) is 11.3. The fraction of sp³-hybridized carbons (Fsp3) is 0.529. The Bertz CT molecular complexity index is 683. The van der Waals surface area contributed by atoms with Crippen molar-refractivity contribution >= 4 is 5.82 Å². The molecule has 0 amide bonds. The summed E-state index contributed by atoms with van der Waals surface area (Å²) in [4.78, 5) is 4.49. The van der Waals surface area contributed by atoms with Crippen molar-refractivity contribution < 1.29 is 4.52 Å². The quantitative estimate of drug-likeness (QED) is 0.939. The van der Waals surface area contributed by atoms with Gasteiger partial charge >= 0.3 is 0 Å². The number of aromatic nitrogens is 3. The van der Waals surface area contributed by atoms with E-state index in [0.29, 0.717) is 5.92 Å². The monoisotopic (exact) mass is 313 g/mol. The highest BCUT2D eigenvalue weighted by Crippen LogP contribution is 2.34. The van der Waals surface area contributed by atoms with E-state index in [9.17, 15) is 0 Å². The van der Waals surface area contributed by atoms with Gasteiger partial charge < -0.3 is 14.3 Å². The van der Waals surface area contributed by atoms with Crippen LogP contribution >= 0.6 is 0 Å². The molecule has 1 aliphatic heterocycles. The van der Waals surface area contributed by atoms with E-state index in [1.165, 1.54) is 31.4 Å². The van der Waals surface area contributed by atoms with E-state index in [-0.39, 0.29) is 0 Å². The summed E-state index contributed by atoms with van der Waals surface area (Å²) in [6.45, 7) is 4.37. The highest BCUT2D eigenvalue weighted by atomic mass is 16.5. The molecule has 6 nitrogen and oxygen atoms in total. The van der Waals surface area contributed by atoms with Gasteiger partial charge in [0, 0.05) is 30.3 Å². The lowest BCUT2D eigenvalue weighted by atomic mass is 10.0. The van der Waals surface area contributed by atoms with Crippen molar-refractivity contribution in [1.29, 1.82) is 0 Å². The van der Waals surface area contributed by atoms with E-state index >= 15 is 0 Å². The molecular formula is C17H23N5O. The molecule has 0 unspecified atom stereocenters. The van der Waals surface area contributed by atoms with Crippen LogP contribution in [0.25, 0.3) is 0 Å². The molecule has 1 saturated carbocycles. The molecule has 0 saturated heterocycles. The summed E-state index contributed by atoms with van der Waals surface area (Å²) < 4.78 is 5.31. The van der Waals surface area contributed by atoms with Gasteiger partial charge in [-0.25, -0.2) is 0 Å². The fourth-order valence-corrected chi connectivity index (χ4v) is 3.54. The number of H-pyrrole nitrogens is 1. The van der Waals surface area contributed by atoms with Crippen LogP contribution in [0, 0.1) is 6.92 Å². The SMILES string of the molecule is Cc1cc(CN2C=CCN(c3cc(C4CCCC4)[nH]n3)C2)on1. The second kappa shape index (κ2) is 6.10. The van der Waals surface area contributed by atoms with E-state index in [1.54, 1.807) is 0 Å². The summed E-state index contributed by atoms with van der Waals surface area (Å²) in [6, 6.07) is 4.21. The lowest BCUT2D eigenvalue weighted by molar-refractivity contribution is 0.289. The van der Waals surface area contributed by atoms with Gasteiger partial charge in [0.15, 0.2) is 11.6 Å². The molecule has 2 aromatic heterocycles. The van der Waals surface area contributed by atoms with Crippen LogP contribution in [0.3, 0.4) is 0 Å². The van der Waals surface area contributed by atoms with Crippen LogP contribution in [0.1, 0.15) is 48.7 Å². The van der Waals surface area contributed by atoms with E-state index in [1.807, 2.05) is 13.0 Å². The Balaban J connectivity index is 1.42. The van der Waals surface area contributed by atoms with E-state index in [2.05, 4.69) is 43.5 Å². The van der Waals surface area contributed by atoms with Gasteiger partial charge in [0.05, 0.1) is 18.9 Å². The molecule has 122 valence electrons. The summed E-state index contributed by atoms with van der Waals surface area (Å²) in [5, 5.41) is 11.7. The van der Waals surface area contributed by atoms with Crippen LogP contribution in [0.15, 0.2) is 28.9 Å². The Morgan fingerprint density at radius 2 is 2.17 bits per heavy atom. The average Bonchev–Trinajstić information content (AvgIpc) is 3.28. The molecule has 1 aliphatic carbocycles. The smallest absolute Gasteiger partial charge is 0.156 e. The molecule has 6 heteroatoms. The van der Waals surface area contributed by atoms with Crippen molar-refractivity contribution in [3.63, 3.8) is 0 Å². The average molecular weight is 313 g/mol. The van der Waals surface area contributed by atoms with Gasteiger partial charge in [-0.05, 0) is 32.0 Å². The molecule has 0 atom stereocenters. The molecule has 3 heterocycles. The molecule has 0 bridgehead atoms. The number of nitrogens with zero attached hydrogens (tertiary/aromatic N) is 4. The number of hydrogen-bond acceptors (Lipinski definition) is 5. The van der Waals surface area contributed by atoms with Crippen LogP contribution < -0.4 is 4.90 Å². The van der Waals surface area contributed by atoms with Crippen molar-refractivity contribution in [2.75, 3.05) is 18.1 Å². The van der Waals surface area contributed by atoms with Gasteiger partial charge in [-0.15, -0.1) is 0 Å². The number of hydrogen-bond donors (Lipinski definition) is 1. The third kappa shape index (κ3) is 3.11. The zero-order valence-electron chi connectivity index (χ0n) is 13.5. The predicted molar refractivity (Wildman–Crippen MR) is 87.9 cm³/mol. The fourth-order valence-electron chi connectivity index (χ4n) is 3.54. The van der Waals surface area contributed by atoms with Crippen molar-refractivity contribution in [2.24, 2.45) is 0 Å². The maximum Gasteiger partial charge on any atom is 0.156 e. The van der Waals surface area contributed by atoms with Gasteiger partial charge in [-0.2, -0.15) is 5.10 Å². The third-order valence-electron chi connectivity index (χ3n) is 4.73. The Labute approximate surface area is 136 Å². The predicted octanol–water partition coefficient (Wildman–Crippen LogP) is 3.16. The zero-order chi connectivity index (χ0) is 15.6. The summed E-state index contributed by atoms with van der Waals surface area (Å²) in [6.07, 6.45) is 9.55. The van der Waals surface area contributed by atoms with E-state index in [4.69, 9.17) is 4.52 Å². The number of anilines is 1. The first-order valence-electron chi connectivity index (χ1n) is 8.41. The van der Waals surface area contributed by atoms with Crippen LogP contribution in [-0.4, -0.2) is 33.5 Å². The Morgan fingerprint density at radius 1 is 1.30 bits per heavy atom. The Hall–Kier alpha value is -2.24. The molecular weight excluding hydrogens is 290 g/mol. The summed E-state index contributed by atoms with van der Waals surface area (Å²) >= 11 is 0. The topological polar surface area (TPSA) is 61.2 Å². The van der Waals surface area contributed by atoms with E-state index in [0.717, 1.165) is 37.0 Å². The highest BCUT2D eigenvalue weighted by molar-refractivity contribution is 5.41. The molecule has 2 aromatic rings. The second-order valence-corrected chi connectivity index (χ2v) is 6.59. The molecule has 23 heavy (non-hydrogen) atoms. The van der Waals surface area contributed by atoms with Crippen LogP contribution in [0.4, 0.5) is 5.82 Å². The number of rotatable bonds is 4. The normalized spacial score (nSPS) is 19.0. The van der Waals surface area contributed by atoms with Crippen LogP contribution in [0.2, 0.25) is 0 Å². The minimum atomic E-state index is 0.671. The van der Waals surface area contributed by atoms with Crippen molar-refractivity contribution in [3.8, 4) is 0 Å². The van der Waals surface area contributed by atoms with Crippen molar-refractivity contribution in [3.05, 3.63) is 41.6 Å². The van der Waals surface area contributed by atoms with Crippen LogP contribution in [-0.2, 0) is 6.54 Å².